The van der Waals surface area contributed by atoms with Crippen LogP contribution in [0.1, 0.15) is 42.5 Å². The quantitative estimate of drug-likeness (QED) is 0.443. The molecule has 0 atom stereocenters. The third kappa shape index (κ3) is 6.17. The molecule has 1 fully saturated rings. The molecule has 0 unspecified atom stereocenters. The van der Waals surface area contributed by atoms with E-state index in [-0.39, 0.29) is 11.8 Å². The predicted molar refractivity (Wildman–Crippen MR) is 130 cm³/mol. The maximum absolute atomic E-state index is 12.9. The molecule has 8 heteroatoms. The summed E-state index contributed by atoms with van der Waals surface area (Å²) in [4.78, 5) is 26.0. The van der Waals surface area contributed by atoms with E-state index in [2.05, 4.69) is 20.2 Å². The van der Waals surface area contributed by atoms with Crippen molar-refractivity contribution in [2.75, 3.05) is 17.6 Å². The first-order chi connectivity index (χ1) is 15.7. The van der Waals surface area contributed by atoms with Gasteiger partial charge in [0.05, 0.1) is 11.3 Å². The fraction of sp³-hybridized carbons (Fsp3) is 0.333. The van der Waals surface area contributed by atoms with Gasteiger partial charge >= 0.3 is 0 Å². The lowest BCUT2D eigenvalue weighted by Crippen LogP contribution is -2.31. The molecule has 2 amide bonds. The van der Waals surface area contributed by atoms with Crippen molar-refractivity contribution in [2.45, 2.75) is 37.0 Å². The lowest BCUT2D eigenvalue weighted by molar-refractivity contribution is -0.118. The van der Waals surface area contributed by atoms with Crippen LogP contribution in [-0.4, -0.2) is 33.7 Å². The second-order valence-corrected chi connectivity index (χ2v) is 9.54. The van der Waals surface area contributed by atoms with Gasteiger partial charge in [-0.2, -0.15) is 0 Å². The van der Waals surface area contributed by atoms with Gasteiger partial charge in [-0.25, -0.2) is 0 Å². The monoisotopic (exact) mass is 466 g/mol. The van der Waals surface area contributed by atoms with E-state index in [0.29, 0.717) is 22.9 Å². The Morgan fingerprint density at radius 3 is 2.56 bits per heavy atom. The van der Waals surface area contributed by atoms with E-state index in [9.17, 15) is 9.59 Å². The average molecular weight is 467 g/mol. The standard InChI is InChI=1S/C24H26N4O2S2/c29-23(25-14-17-6-2-1-3-7-17)16-31-22-9-5-4-8-20(22)24(30)26-19-12-10-18(11-13-19)21-15-32-28-27-21/h4-5,8-13,15,17H,1-3,6-7,14,16H2,(H,25,29)(H,26,30). The molecule has 2 N–H and O–H groups in total. The molecule has 1 heterocycles. The first-order valence-electron chi connectivity index (χ1n) is 10.9. The van der Waals surface area contributed by atoms with E-state index in [4.69, 9.17) is 0 Å². The van der Waals surface area contributed by atoms with Crippen LogP contribution in [0.4, 0.5) is 5.69 Å². The molecular weight excluding hydrogens is 440 g/mol. The van der Waals surface area contributed by atoms with Gasteiger partial charge in [-0.3, -0.25) is 9.59 Å². The van der Waals surface area contributed by atoms with Crippen molar-refractivity contribution < 1.29 is 9.59 Å². The second-order valence-electron chi connectivity index (χ2n) is 7.91. The molecule has 0 radical (unpaired) electrons. The molecule has 0 saturated heterocycles. The van der Waals surface area contributed by atoms with E-state index in [1.165, 1.54) is 55.4 Å². The Morgan fingerprint density at radius 1 is 1.03 bits per heavy atom. The van der Waals surface area contributed by atoms with Crippen LogP contribution in [0.3, 0.4) is 0 Å². The van der Waals surface area contributed by atoms with Crippen molar-refractivity contribution >= 4 is 40.8 Å². The second kappa shape index (κ2) is 11.2. The van der Waals surface area contributed by atoms with E-state index >= 15 is 0 Å². The summed E-state index contributed by atoms with van der Waals surface area (Å²) in [6.07, 6.45) is 6.26. The Kier molecular flexibility index (Phi) is 7.90. The Bertz CT molecular complexity index is 1030. The molecule has 1 saturated carbocycles. The third-order valence-corrected chi connectivity index (χ3v) is 7.18. The molecule has 4 rings (SSSR count). The molecule has 32 heavy (non-hydrogen) atoms. The van der Waals surface area contributed by atoms with Gasteiger partial charge in [-0.15, -0.1) is 16.9 Å². The molecule has 1 aliphatic carbocycles. The van der Waals surface area contributed by atoms with E-state index in [0.717, 1.165) is 22.7 Å². The van der Waals surface area contributed by atoms with Gasteiger partial charge in [-0.1, -0.05) is 48.0 Å². The highest BCUT2D eigenvalue weighted by Gasteiger charge is 2.16. The predicted octanol–water partition coefficient (Wildman–Crippen LogP) is 5.25. The van der Waals surface area contributed by atoms with Gasteiger partial charge in [0.15, 0.2) is 0 Å². The van der Waals surface area contributed by atoms with Crippen LogP contribution in [0, 0.1) is 5.92 Å². The van der Waals surface area contributed by atoms with Gasteiger partial charge in [0.2, 0.25) is 5.91 Å². The third-order valence-electron chi connectivity index (χ3n) is 5.60. The van der Waals surface area contributed by atoms with Gasteiger partial charge in [0.25, 0.3) is 5.91 Å². The van der Waals surface area contributed by atoms with Crippen LogP contribution in [0.25, 0.3) is 11.3 Å². The Balaban J connectivity index is 1.32. The molecule has 1 aliphatic rings. The van der Waals surface area contributed by atoms with Crippen LogP contribution in [0.2, 0.25) is 0 Å². The largest absolute Gasteiger partial charge is 0.355 e. The minimum Gasteiger partial charge on any atom is -0.355 e. The number of nitrogens with zero attached hydrogens (tertiary/aromatic N) is 2. The fourth-order valence-corrected chi connectivity index (χ4v) is 5.18. The number of carbonyl (C=O) groups excluding carboxylic acids is 2. The summed E-state index contributed by atoms with van der Waals surface area (Å²) in [5.74, 6) is 0.725. The zero-order valence-corrected chi connectivity index (χ0v) is 19.4. The molecular formula is C24H26N4O2S2. The number of anilines is 1. The van der Waals surface area contributed by atoms with Crippen LogP contribution < -0.4 is 10.6 Å². The first-order valence-corrected chi connectivity index (χ1v) is 12.7. The number of carbonyl (C=O) groups is 2. The zero-order chi connectivity index (χ0) is 22.2. The zero-order valence-electron chi connectivity index (χ0n) is 17.8. The molecule has 1 aromatic heterocycles. The molecule has 0 aliphatic heterocycles. The maximum Gasteiger partial charge on any atom is 0.256 e. The van der Waals surface area contributed by atoms with Crippen LogP contribution in [-0.2, 0) is 4.79 Å². The Labute approximate surface area is 196 Å². The highest BCUT2D eigenvalue weighted by atomic mass is 32.2. The maximum atomic E-state index is 12.9. The molecule has 0 bridgehead atoms. The van der Waals surface area contributed by atoms with E-state index in [1.807, 2.05) is 47.8 Å². The average Bonchev–Trinajstić information content (AvgIpc) is 3.38. The van der Waals surface area contributed by atoms with Gasteiger partial charge < -0.3 is 10.6 Å². The number of thioether (sulfide) groups is 1. The van der Waals surface area contributed by atoms with Crippen LogP contribution in [0.15, 0.2) is 58.8 Å². The summed E-state index contributed by atoms with van der Waals surface area (Å²) in [7, 11) is 0. The fourth-order valence-electron chi connectivity index (χ4n) is 3.84. The summed E-state index contributed by atoms with van der Waals surface area (Å²) < 4.78 is 3.87. The molecule has 3 aromatic rings. The van der Waals surface area contributed by atoms with E-state index in [1.54, 1.807) is 6.07 Å². The molecule has 166 valence electrons. The normalized spacial score (nSPS) is 14.1. The summed E-state index contributed by atoms with van der Waals surface area (Å²) in [6.45, 7) is 0.758. The first kappa shape index (κ1) is 22.5. The minimum atomic E-state index is -0.196. The Hall–Kier alpha value is -2.71. The van der Waals surface area contributed by atoms with Crippen molar-refractivity contribution in [3.05, 3.63) is 59.5 Å². The summed E-state index contributed by atoms with van der Waals surface area (Å²) in [6, 6.07) is 14.9. The van der Waals surface area contributed by atoms with Gasteiger partial charge in [-0.05, 0) is 54.6 Å². The molecule has 6 nitrogen and oxygen atoms in total. The lowest BCUT2D eigenvalue weighted by Gasteiger charge is -2.21. The van der Waals surface area contributed by atoms with Crippen LogP contribution >= 0.6 is 23.3 Å². The highest BCUT2D eigenvalue weighted by Crippen LogP contribution is 2.25. The number of rotatable bonds is 8. The van der Waals surface area contributed by atoms with Gasteiger partial charge in [0.1, 0.15) is 5.69 Å². The van der Waals surface area contributed by atoms with Crippen molar-refractivity contribution in [1.29, 1.82) is 0 Å². The summed E-state index contributed by atoms with van der Waals surface area (Å²) in [5, 5.41) is 11.9. The van der Waals surface area contributed by atoms with Crippen molar-refractivity contribution in [1.82, 2.24) is 14.9 Å². The summed E-state index contributed by atoms with van der Waals surface area (Å²) in [5.41, 5.74) is 3.03. The van der Waals surface area contributed by atoms with Crippen molar-refractivity contribution in [3.8, 4) is 11.3 Å². The van der Waals surface area contributed by atoms with E-state index < -0.39 is 0 Å². The smallest absolute Gasteiger partial charge is 0.256 e. The van der Waals surface area contributed by atoms with Gasteiger partial charge in [0, 0.05) is 28.1 Å². The lowest BCUT2D eigenvalue weighted by atomic mass is 9.89. The topological polar surface area (TPSA) is 84.0 Å². The molecule has 2 aromatic carbocycles. The highest BCUT2D eigenvalue weighted by molar-refractivity contribution is 8.00. The van der Waals surface area contributed by atoms with Crippen molar-refractivity contribution in [3.63, 3.8) is 0 Å². The van der Waals surface area contributed by atoms with Crippen LogP contribution in [0.5, 0.6) is 0 Å². The van der Waals surface area contributed by atoms with Crippen molar-refractivity contribution in [2.24, 2.45) is 5.92 Å². The SMILES string of the molecule is O=C(CSc1ccccc1C(=O)Nc1ccc(-c2csnn2)cc1)NCC1CCCCC1. The number of nitrogens with one attached hydrogen (secondary N) is 2. The summed E-state index contributed by atoms with van der Waals surface area (Å²) >= 11 is 2.70. The Morgan fingerprint density at radius 2 is 1.81 bits per heavy atom. The number of aromatic nitrogens is 2. The number of hydrogen-bond acceptors (Lipinski definition) is 6. The number of benzene rings is 2. The number of amides is 2. The number of hydrogen-bond donors (Lipinski definition) is 2. The minimum absolute atomic E-state index is 0.0166. The molecule has 0 spiro atoms.